The quantitative estimate of drug-likeness (QED) is 0.426. The summed E-state index contributed by atoms with van der Waals surface area (Å²) in [6.45, 7) is 5.92. The highest BCUT2D eigenvalue weighted by molar-refractivity contribution is 8.15. The van der Waals surface area contributed by atoms with Crippen LogP contribution in [-0.4, -0.2) is 33.5 Å². The molecule has 1 atom stereocenters. The SMILES string of the molecule is C=CCN1C(=O)[C@@H](Cc2ccccc2)S/C1=N\N=C(/C)c1ccc(F)cc1. The van der Waals surface area contributed by atoms with Crippen molar-refractivity contribution in [1.82, 2.24) is 4.90 Å². The number of amides is 1. The van der Waals surface area contributed by atoms with Crippen LogP contribution in [0.25, 0.3) is 0 Å². The van der Waals surface area contributed by atoms with E-state index in [4.69, 9.17) is 0 Å². The van der Waals surface area contributed by atoms with Crippen molar-refractivity contribution in [2.24, 2.45) is 10.2 Å². The predicted octanol–water partition coefficient (Wildman–Crippen LogP) is 4.28. The van der Waals surface area contributed by atoms with E-state index in [9.17, 15) is 9.18 Å². The molecule has 3 rings (SSSR count). The number of halogens is 1. The summed E-state index contributed by atoms with van der Waals surface area (Å²) in [5.41, 5.74) is 2.54. The van der Waals surface area contributed by atoms with Gasteiger partial charge in [0.25, 0.3) is 0 Å². The van der Waals surface area contributed by atoms with E-state index in [0.717, 1.165) is 11.1 Å². The standard InChI is InChI=1S/C21H20FN3OS/c1-3-13-25-20(26)19(14-16-7-5-4-6-8-16)27-21(25)24-23-15(2)17-9-11-18(22)12-10-17/h3-12,19H,1,13-14H2,2H3/b23-15+,24-21-/t19-/m1/s1. The van der Waals surface area contributed by atoms with Crippen LogP contribution in [0, 0.1) is 5.82 Å². The second-order valence-corrected chi connectivity index (χ2v) is 7.28. The van der Waals surface area contributed by atoms with E-state index in [0.29, 0.717) is 23.8 Å². The fourth-order valence-electron chi connectivity index (χ4n) is 2.71. The monoisotopic (exact) mass is 381 g/mol. The second kappa shape index (κ2) is 8.77. The lowest BCUT2D eigenvalue weighted by atomic mass is 10.1. The maximum absolute atomic E-state index is 13.1. The first-order valence-corrected chi connectivity index (χ1v) is 9.47. The maximum atomic E-state index is 13.1. The van der Waals surface area contributed by atoms with E-state index in [1.54, 1.807) is 30.0 Å². The zero-order valence-corrected chi connectivity index (χ0v) is 15.8. The number of rotatable bonds is 6. The summed E-state index contributed by atoms with van der Waals surface area (Å²) in [6.07, 6.45) is 2.31. The first kappa shape index (κ1) is 19.0. The summed E-state index contributed by atoms with van der Waals surface area (Å²) in [4.78, 5) is 14.4. The zero-order chi connectivity index (χ0) is 19.2. The second-order valence-electron chi connectivity index (χ2n) is 6.11. The van der Waals surface area contributed by atoms with Gasteiger partial charge in [0.05, 0.1) is 11.0 Å². The van der Waals surface area contributed by atoms with Crippen LogP contribution in [0.5, 0.6) is 0 Å². The van der Waals surface area contributed by atoms with Gasteiger partial charge < -0.3 is 0 Å². The molecule has 0 unspecified atom stereocenters. The molecule has 1 aliphatic heterocycles. The first-order valence-electron chi connectivity index (χ1n) is 8.59. The van der Waals surface area contributed by atoms with E-state index in [-0.39, 0.29) is 17.0 Å². The van der Waals surface area contributed by atoms with Crippen LogP contribution in [0.4, 0.5) is 4.39 Å². The van der Waals surface area contributed by atoms with E-state index < -0.39 is 0 Å². The average Bonchev–Trinajstić information content (AvgIpc) is 2.97. The largest absolute Gasteiger partial charge is 0.285 e. The van der Waals surface area contributed by atoms with E-state index in [1.807, 2.05) is 30.3 Å². The molecule has 6 heteroatoms. The van der Waals surface area contributed by atoms with E-state index >= 15 is 0 Å². The van der Waals surface area contributed by atoms with Gasteiger partial charge in [-0.25, -0.2) is 4.39 Å². The van der Waals surface area contributed by atoms with Crippen LogP contribution in [0.3, 0.4) is 0 Å². The summed E-state index contributed by atoms with van der Waals surface area (Å²) < 4.78 is 13.1. The molecule has 1 saturated heterocycles. The van der Waals surface area contributed by atoms with Gasteiger partial charge in [0.2, 0.25) is 5.91 Å². The molecule has 0 aromatic heterocycles. The minimum absolute atomic E-state index is 0.0112. The molecule has 1 heterocycles. The van der Waals surface area contributed by atoms with Crippen molar-refractivity contribution in [3.8, 4) is 0 Å². The van der Waals surface area contributed by atoms with Crippen molar-refractivity contribution in [2.75, 3.05) is 6.54 Å². The summed E-state index contributed by atoms with van der Waals surface area (Å²) >= 11 is 1.41. The van der Waals surface area contributed by atoms with Crippen LogP contribution < -0.4 is 0 Å². The van der Waals surface area contributed by atoms with Gasteiger partial charge in [0.1, 0.15) is 5.82 Å². The third kappa shape index (κ3) is 4.71. The van der Waals surface area contributed by atoms with Gasteiger partial charge in [0, 0.05) is 6.54 Å². The minimum Gasteiger partial charge on any atom is -0.285 e. The summed E-state index contributed by atoms with van der Waals surface area (Å²) in [5, 5.41) is 8.87. The van der Waals surface area contributed by atoms with Crippen LogP contribution in [0.1, 0.15) is 18.1 Å². The summed E-state index contributed by atoms with van der Waals surface area (Å²) in [5.74, 6) is -0.284. The van der Waals surface area contributed by atoms with Crippen molar-refractivity contribution in [2.45, 2.75) is 18.6 Å². The van der Waals surface area contributed by atoms with Gasteiger partial charge >= 0.3 is 0 Å². The number of nitrogens with zero attached hydrogens (tertiary/aromatic N) is 3. The topological polar surface area (TPSA) is 45.0 Å². The highest BCUT2D eigenvalue weighted by Crippen LogP contribution is 2.30. The summed E-state index contributed by atoms with van der Waals surface area (Å²) in [6, 6.07) is 16.0. The minimum atomic E-state index is -0.296. The molecule has 4 nitrogen and oxygen atoms in total. The lowest BCUT2D eigenvalue weighted by Gasteiger charge is -2.13. The third-order valence-electron chi connectivity index (χ3n) is 4.14. The lowest BCUT2D eigenvalue weighted by Crippen LogP contribution is -2.32. The van der Waals surface area contributed by atoms with Gasteiger partial charge in [-0.1, -0.05) is 60.3 Å². The number of carbonyl (C=O) groups is 1. The average molecular weight is 381 g/mol. The Morgan fingerprint density at radius 1 is 1.22 bits per heavy atom. The lowest BCUT2D eigenvalue weighted by molar-refractivity contribution is -0.125. The van der Waals surface area contributed by atoms with Crippen molar-refractivity contribution in [3.05, 3.63) is 84.2 Å². The zero-order valence-electron chi connectivity index (χ0n) is 15.0. The molecule has 0 N–H and O–H groups in total. The number of carbonyl (C=O) groups excluding carboxylic acids is 1. The fourth-order valence-corrected chi connectivity index (χ4v) is 3.85. The van der Waals surface area contributed by atoms with E-state index in [2.05, 4.69) is 16.8 Å². The smallest absolute Gasteiger partial charge is 0.242 e. The highest BCUT2D eigenvalue weighted by atomic mass is 32.2. The highest BCUT2D eigenvalue weighted by Gasteiger charge is 2.37. The van der Waals surface area contributed by atoms with Gasteiger partial charge in [-0.15, -0.1) is 11.7 Å². The van der Waals surface area contributed by atoms with Gasteiger partial charge in [-0.3, -0.25) is 9.69 Å². The Hall–Kier alpha value is -2.73. The molecule has 1 amide bonds. The molecule has 1 aliphatic rings. The first-order chi connectivity index (χ1) is 13.1. The van der Waals surface area contributed by atoms with Crippen molar-refractivity contribution in [1.29, 1.82) is 0 Å². The molecule has 0 spiro atoms. The van der Waals surface area contributed by atoms with Crippen molar-refractivity contribution >= 4 is 28.5 Å². The Kier molecular flexibility index (Phi) is 6.19. The number of benzene rings is 2. The molecule has 0 bridgehead atoms. The van der Waals surface area contributed by atoms with Crippen molar-refractivity contribution in [3.63, 3.8) is 0 Å². The molecule has 2 aromatic carbocycles. The molecule has 27 heavy (non-hydrogen) atoms. The Labute approximate surface area is 162 Å². The van der Waals surface area contributed by atoms with Crippen LogP contribution in [0.2, 0.25) is 0 Å². The molecule has 138 valence electrons. The van der Waals surface area contributed by atoms with Gasteiger partial charge in [0.15, 0.2) is 5.17 Å². The maximum Gasteiger partial charge on any atom is 0.242 e. The predicted molar refractivity (Wildman–Crippen MR) is 109 cm³/mol. The molecule has 0 aliphatic carbocycles. The third-order valence-corrected chi connectivity index (χ3v) is 5.31. The normalized spacial score (nSPS) is 19.0. The Balaban J connectivity index is 1.80. The molecule has 2 aromatic rings. The van der Waals surface area contributed by atoms with Crippen LogP contribution in [-0.2, 0) is 11.2 Å². The molecular weight excluding hydrogens is 361 g/mol. The molecule has 1 fully saturated rings. The Bertz CT molecular complexity index is 878. The number of hydrogen-bond donors (Lipinski definition) is 0. The Morgan fingerprint density at radius 2 is 1.93 bits per heavy atom. The number of thioether (sulfide) groups is 1. The van der Waals surface area contributed by atoms with Gasteiger partial charge in [-0.05, 0) is 36.6 Å². The van der Waals surface area contributed by atoms with Crippen LogP contribution in [0.15, 0.2) is 77.5 Å². The van der Waals surface area contributed by atoms with Gasteiger partial charge in [-0.2, -0.15) is 5.10 Å². The number of hydrogen-bond acceptors (Lipinski definition) is 4. The van der Waals surface area contributed by atoms with E-state index in [1.165, 1.54) is 23.9 Å². The molecular formula is C21H20FN3OS. The summed E-state index contributed by atoms with van der Waals surface area (Å²) in [7, 11) is 0. The Morgan fingerprint density at radius 3 is 2.59 bits per heavy atom. The van der Waals surface area contributed by atoms with Crippen LogP contribution >= 0.6 is 11.8 Å². The van der Waals surface area contributed by atoms with Crippen molar-refractivity contribution < 1.29 is 9.18 Å². The molecule has 0 radical (unpaired) electrons. The number of amidine groups is 1. The fraction of sp³-hybridized carbons (Fsp3) is 0.190. The molecule has 0 saturated carbocycles.